The van der Waals surface area contributed by atoms with E-state index in [0.29, 0.717) is 11.3 Å². The lowest BCUT2D eigenvalue weighted by Crippen LogP contribution is -2.30. The standard InChI is InChI=1S/C23H18ClF2N3O2/c1-13-9-16(14(2)29(13)17-7-8-20(26)18(24)11-17)10-21-22(30)28(23(31)27-21)12-15-5-3-4-6-19(15)25/h3-11H,12H2,1-2H3,(H,27,31)/b21-10+. The zero-order valence-corrected chi connectivity index (χ0v) is 17.5. The highest BCUT2D eigenvalue weighted by Crippen LogP contribution is 2.27. The van der Waals surface area contributed by atoms with Crippen LogP contribution in [0.1, 0.15) is 22.5 Å². The van der Waals surface area contributed by atoms with E-state index in [9.17, 15) is 18.4 Å². The fourth-order valence-corrected chi connectivity index (χ4v) is 3.80. The molecule has 1 fully saturated rings. The zero-order chi connectivity index (χ0) is 22.3. The van der Waals surface area contributed by atoms with Crippen molar-refractivity contribution in [1.29, 1.82) is 0 Å². The first kappa shape index (κ1) is 20.8. The summed E-state index contributed by atoms with van der Waals surface area (Å²) in [6.07, 6.45) is 1.57. The molecule has 1 N–H and O–H groups in total. The summed E-state index contributed by atoms with van der Waals surface area (Å²) < 4.78 is 29.3. The predicted octanol–water partition coefficient (Wildman–Crippen LogP) is 5.12. The van der Waals surface area contributed by atoms with E-state index in [0.717, 1.165) is 16.3 Å². The van der Waals surface area contributed by atoms with Gasteiger partial charge in [-0.15, -0.1) is 0 Å². The molecule has 1 saturated heterocycles. The van der Waals surface area contributed by atoms with Crippen molar-refractivity contribution in [3.8, 4) is 5.69 Å². The molecule has 158 valence electrons. The van der Waals surface area contributed by atoms with Gasteiger partial charge >= 0.3 is 6.03 Å². The average Bonchev–Trinajstić information content (AvgIpc) is 3.15. The lowest BCUT2D eigenvalue weighted by atomic mass is 10.2. The monoisotopic (exact) mass is 441 g/mol. The minimum absolute atomic E-state index is 0.00641. The quantitative estimate of drug-likeness (QED) is 0.451. The second kappa shape index (κ2) is 8.00. The first-order valence-corrected chi connectivity index (χ1v) is 9.86. The summed E-state index contributed by atoms with van der Waals surface area (Å²) >= 11 is 5.92. The SMILES string of the molecule is Cc1cc(/C=C2/NC(=O)N(Cc3ccccc3F)C2=O)c(C)n1-c1ccc(F)c(Cl)c1. The summed E-state index contributed by atoms with van der Waals surface area (Å²) in [5.74, 6) is -1.53. The molecule has 0 atom stereocenters. The van der Waals surface area contributed by atoms with Gasteiger partial charge < -0.3 is 9.88 Å². The number of benzene rings is 2. The Hall–Kier alpha value is -3.45. The van der Waals surface area contributed by atoms with Crippen molar-refractivity contribution >= 4 is 29.6 Å². The highest BCUT2D eigenvalue weighted by Gasteiger charge is 2.34. The van der Waals surface area contributed by atoms with E-state index in [1.54, 1.807) is 24.3 Å². The van der Waals surface area contributed by atoms with Gasteiger partial charge in [-0.25, -0.2) is 13.6 Å². The third kappa shape index (κ3) is 3.84. The first-order valence-electron chi connectivity index (χ1n) is 9.48. The molecule has 3 amide bonds. The first-order chi connectivity index (χ1) is 14.8. The number of imide groups is 1. The highest BCUT2D eigenvalue weighted by molar-refractivity contribution is 6.30. The van der Waals surface area contributed by atoms with Crippen LogP contribution in [-0.4, -0.2) is 21.4 Å². The minimum Gasteiger partial charge on any atom is -0.318 e. The lowest BCUT2D eigenvalue weighted by Gasteiger charge is -2.12. The van der Waals surface area contributed by atoms with Crippen LogP contribution in [0.2, 0.25) is 5.02 Å². The highest BCUT2D eigenvalue weighted by atomic mass is 35.5. The summed E-state index contributed by atoms with van der Waals surface area (Å²) in [5.41, 5.74) is 3.34. The number of hydrogen-bond acceptors (Lipinski definition) is 2. The van der Waals surface area contributed by atoms with E-state index < -0.39 is 23.6 Å². The fourth-order valence-electron chi connectivity index (χ4n) is 3.62. The number of aryl methyl sites for hydroxylation is 1. The Kier molecular flexibility index (Phi) is 5.37. The van der Waals surface area contributed by atoms with Crippen LogP contribution in [0.5, 0.6) is 0 Å². The topological polar surface area (TPSA) is 54.3 Å². The number of carbonyl (C=O) groups is 2. The molecular weight excluding hydrogens is 424 g/mol. The van der Waals surface area contributed by atoms with Gasteiger partial charge in [0.15, 0.2) is 0 Å². The molecule has 0 spiro atoms. The zero-order valence-electron chi connectivity index (χ0n) is 16.7. The Labute approximate surface area is 182 Å². The van der Waals surface area contributed by atoms with Crippen molar-refractivity contribution in [3.05, 3.63) is 93.4 Å². The molecule has 0 aliphatic carbocycles. The van der Waals surface area contributed by atoms with Crippen molar-refractivity contribution in [2.24, 2.45) is 0 Å². The third-order valence-electron chi connectivity index (χ3n) is 5.18. The van der Waals surface area contributed by atoms with Gasteiger partial charge in [-0.2, -0.15) is 0 Å². The van der Waals surface area contributed by atoms with Gasteiger partial charge in [0.25, 0.3) is 5.91 Å². The van der Waals surface area contributed by atoms with Gasteiger partial charge in [-0.05, 0) is 55.8 Å². The maximum atomic E-state index is 13.9. The molecule has 0 unspecified atom stereocenters. The number of aromatic nitrogens is 1. The van der Waals surface area contributed by atoms with Crippen LogP contribution < -0.4 is 5.32 Å². The second-order valence-corrected chi connectivity index (χ2v) is 7.64. The van der Waals surface area contributed by atoms with E-state index in [2.05, 4.69) is 5.32 Å². The van der Waals surface area contributed by atoms with Gasteiger partial charge in [0, 0.05) is 22.6 Å². The van der Waals surface area contributed by atoms with Crippen LogP contribution >= 0.6 is 11.6 Å². The van der Waals surface area contributed by atoms with E-state index >= 15 is 0 Å². The van der Waals surface area contributed by atoms with Crippen LogP contribution in [0.25, 0.3) is 11.8 Å². The number of amides is 3. The minimum atomic E-state index is -0.612. The Bertz CT molecular complexity index is 1250. The van der Waals surface area contributed by atoms with Crippen LogP contribution in [0.4, 0.5) is 13.6 Å². The normalized spacial score (nSPS) is 15.1. The van der Waals surface area contributed by atoms with Gasteiger partial charge in [-0.3, -0.25) is 9.69 Å². The number of nitrogens with zero attached hydrogens (tertiary/aromatic N) is 2. The van der Waals surface area contributed by atoms with Crippen LogP contribution in [-0.2, 0) is 11.3 Å². The fraction of sp³-hybridized carbons (Fsp3) is 0.130. The lowest BCUT2D eigenvalue weighted by molar-refractivity contribution is -0.123. The summed E-state index contributed by atoms with van der Waals surface area (Å²) in [5, 5.41) is 2.56. The summed E-state index contributed by atoms with van der Waals surface area (Å²) in [6, 6.07) is 11.6. The Morgan fingerprint density at radius 3 is 2.48 bits per heavy atom. The van der Waals surface area contributed by atoms with E-state index in [1.807, 2.05) is 24.5 Å². The molecular formula is C23H18ClF2N3O2. The van der Waals surface area contributed by atoms with Crippen LogP contribution in [0.15, 0.2) is 54.2 Å². The molecule has 31 heavy (non-hydrogen) atoms. The van der Waals surface area contributed by atoms with Gasteiger partial charge in [0.2, 0.25) is 0 Å². The number of nitrogens with one attached hydrogen (secondary N) is 1. The number of urea groups is 1. The van der Waals surface area contributed by atoms with E-state index in [4.69, 9.17) is 11.6 Å². The molecule has 2 heterocycles. The third-order valence-corrected chi connectivity index (χ3v) is 5.47. The molecule has 1 aromatic heterocycles. The molecule has 1 aliphatic heterocycles. The molecule has 0 radical (unpaired) electrons. The Balaban J connectivity index is 1.65. The number of carbonyl (C=O) groups excluding carboxylic acids is 2. The number of rotatable bonds is 4. The van der Waals surface area contributed by atoms with Crippen molar-refractivity contribution in [1.82, 2.24) is 14.8 Å². The summed E-state index contributed by atoms with van der Waals surface area (Å²) in [6.45, 7) is 3.54. The van der Waals surface area contributed by atoms with Gasteiger partial charge in [0.05, 0.1) is 11.6 Å². The Morgan fingerprint density at radius 2 is 1.77 bits per heavy atom. The van der Waals surface area contributed by atoms with E-state index in [-0.39, 0.29) is 22.8 Å². The molecule has 3 aromatic rings. The summed E-state index contributed by atoms with van der Waals surface area (Å²) in [4.78, 5) is 26.1. The summed E-state index contributed by atoms with van der Waals surface area (Å²) in [7, 11) is 0. The number of halogens is 3. The number of hydrogen-bond donors (Lipinski definition) is 1. The predicted molar refractivity (Wildman–Crippen MR) is 114 cm³/mol. The van der Waals surface area contributed by atoms with Gasteiger partial charge in [-0.1, -0.05) is 29.8 Å². The van der Waals surface area contributed by atoms with Crippen LogP contribution in [0.3, 0.4) is 0 Å². The maximum Gasteiger partial charge on any atom is 0.329 e. The molecule has 5 nitrogen and oxygen atoms in total. The molecule has 2 aromatic carbocycles. The molecule has 4 rings (SSSR count). The molecule has 0 bridgehead atoms. The van der Waals surface area contributed by atoms with Crippen molar-refractivity contribution < 1.29 is 18.4 Å². The molecule has 0 saturated carbocycles. The maximum absolute atomic E-state index is 13.9. The molecule has 8 heteroatoms. The second-order valence-electron chi connectivity index (χ2n) is 7.23. The van der Waals surface area contributed by atoms with Gasteiger partial charge in [0.1, 0.15) is 17.3 Å². The van der Waals surface area contributed by atoms with E-state index in [1.165, 1.54) is 24.3 Å². The molecule has 1 aliphatic rings. The largest absolute Gasteiger partial charge is 0.329 e. The van der Waals surface area contributed by atoms with Crippen LogP contribution in [0, 0.1) is 25.5 Å². The Morgan fingerprint density at radius 1 is 1.03 bits per heavy atom. The van der Waals surface area contributed by atoms with Crippen molar-refractivity contribution in [2.75, 3.05) is 0 Å². The average molecular weight is 442 g/mol. The van der Waals surface area contributed by atoms with Crippen molar-refractivity contribution in [3.63, 3.8) is 0 Å². The van der Waals surface area contributed by atoms with Crippen molar-refractivity contribution in [2.45, 2.75) is 20.4 Å². The smallest absolute Gasteiger partial charge is 0.318 e.